The third kappa shape index (κ3) is 3.48. The molecule has 22 heavy (non-hydrogen) atoms. The molecular formula is C19H21NO2. The topological polar surface area (TPSA) is 38.3 Å². The van der Waals surface area contributed by atoms with E-state index in [-0.39, 0.29) is 11.9 Å². The summed E-state index contributed by atoms with van der Waals surface area (Å²) in [7, 11) is 1.67. The van der Waals surface area contributed by atoms with E-state index in [2.05, 4.69) is 18.3 Å². The van der Waals surface area contributed by atoms with Crippen molar-refractivity contribution < 1.29 is 9.53 Å². The highest BCUT2D eigenvalue weighted by atomic mass is 16.5. The summed E-state index contributed by atoms with van der Waals surface area (Å²) >= 11 is 0. The third-order valence-corrected chi connectivity index (χ3v) is 4.20. The summed E-state index contributed by atoms with van der Waals surface area (Å²) in [5.74, 6) is 1.51. The molecule has 3 nitrogen and oxygen atoms in total. The molecule has 0 heterocycles. The van der Waals surface area contributed by atoms with E-state index in [1.807, 2.05) is 36.4 Å². The fourth-order valence-electron chi connectivity index (χ4n) is 2.63. The molecule has 0 saturated heterocycles. The van der Waals surface area contributed by atoms with E-state index in [0.717, 1.165) is 22.1 Å². The maximum absolute atomic E-state index is 11.9. The standard InChI is InChI=1S/C19H21NO2/c1-13(15-6-7-15)20-19(21)10-4-14-3-5-17-12-18(22-2)9-8-16(17)11-14/h3-5,8-13,15H,6-7H2,1-2H3,(H,20,21)/b10-4+/t13-/m0/s1. The number of benzene rings is 2. The Labute approximate surface area is 131 Å². The average molecular weight is 295 g/mol. The van der Waals surface area contributed by atoms with E-state index in [9.17, 15) is 4.79 Å². The van der Waals surface area contributed by atoms with Crippen LogP contribution in [0.5, 0.6) is 5.75 Å². The molecule has 1 atom stereocenters. The van der Waals surface area contributed by atoms with Gasteiger partial charge in [-0.3, -0.25) is 4.79 Å². The number of carbonyl (C=O) groups excluding carboxylic acids is 1. The number of rotatable bonds is 5. The molecule has 3 heteroatoms. The lowest BCUT2D eigenvalue weighted by Crippen LogP contribution is -2.32. The van der Waals surface area contributed by atoms with Gasteiger partial charge in [0.15, 0.2) is 0 Å². The summed E-state index contributed by atoms with van der Waals surface area (Å²) in [6, 6.07) is 12.4. The Morgan fingerprint density at radius 2 is 1.95 bits per heavy atom. The fraction of sp³-hybridized carbons (Fsp3) is 0.316. The highest BCUT2D eigenvalue weighted by Gasteiger charge is 2.28. The van der Waals surface area contributed by atoms with Crippen molar-refractivity contribution in [2.75, 3.05) is 7.11 Å². The number of methoxy groups -OCH3 is 1. The van der Waals surface area contributed by atoms with Gasteiger partial charge >= 0.3 is 0 Å². The molecule has 0 spiro atoms. The summed E-state index contributed by atoms with van der Waals surface area (Å²) in [5, 5.41) is 5.28. The van der Waals surface area contributed by atoms with Crippen molar-refractivity contribution in [1.29, 1.82) is 0 Å². The number of ether oxygens (including phenoxy) is 1. The van der Waals surface area contributed by atoms with E-state index in [4.69, 9.17) is 4.74 Å². The lowest BCUT2D eigenvalue weighted by molar-refractivity contribution is -0.117. The van der Waals surface area contributed by atoms with Crippen LogP contribution in [0, 0.1) is 5.92 Å². The van der Waals surface area contributed by atoms with Crippen LogP contribution in [0.2, 0.25) is 0 Å². The number of nitrogens with one attached hydrogen (secondary N) is 1. The Kier molecular flexibility index (Phi) is 4.14. The summed E-state index contributed by atoms with van der Waals surface area (Å²) in [6.07, 6.45) is 5.95. The lowest BCUT2D eigenvalue weighted by atomic mass is 10.1. The molecule has 1 amide bonds. The average Bonchev–Trinajstić information content (AvgIpc) is 3.37. The molecule has 0 aliphatic heterocycles. The third-order valence-electron chi connectivity index (χ3n) is 4.20. The second-order valence-corrected chi connectivity index (χ2v) is 5.94. The summed E-state index contributed by atoms with van der Waals surface area (Å²) in [4.78, 5) is 11.9. The Morgan fingerprint density at radius 3 is 2.68 bits per heavy atom. The minimum atomic E-state index is -0.0192. The minimum absolute atomic E-state index is 0.0192. The normalized spacial score (nSPS) is 15.9. The van der Waals surface area contributed by atoms with Crippen molar-refractivity contribution in [3.63, 3.8) is 0 Å². The Bertz CT molecular complexity index is 716. The van der Waals surface area contributed by atoms with Crippen molar-refractivity contribution in [3.8, 4) is 5.75 Å². The lowest BCUT2D eigenvalue weighted by Gasteiger charge is -2.10. The van der Waals surface area contributed by atoms with Gasteiger partial charge in [0, 0.05) is 12.1 Å². The Hall–Kier alpha value is -2.29. The maximum Gasteiger partial charge on any atom is 0.244 e. The molecule has 3 rings (SSSR count). The molecule has 1 aliphatic rings. The zero-order valence-corrected chi connectivity index (χ0v) is 13.0. The summed E-state index contributed by atoms with van der Waals surface area (Å²) in [6.45, 7) is 2.08. The van der Waals surface area contributed by atoms with Gasteiger partial charge in [0.2, 0.25) is 5.91 Å². The first-order valence-corrected chi connectivity index (χ1v) is 7.72. The van der Waals surface area contributed by atoms with Crippen molar-refractivity contribution in [3.05, 3.63) is 48.0 Å². The maximum atomic E-state index is 11.9. The van der Waals surface area contributed by atoms with Gasteiger partial charge < -0.3 is 10.1 Å². The van der Waals surface area contributed by atoms with Crippen LogP contribution < -0.4 is 10.1 Å². The number of amides is 1. The van der Waals surface area contributed by atoms with Gasteiger partial charge in [-0.15, -0.1) is 0 Å². The van der Waals surface area contributed by atoms with Gasteiger partial charge in [0.1, 0.15) is 5.75 Å². The van der Waals surface area contributed by atoms with Gasteiger partial charge in [-0.25, -0.2) is 0 Å². The van der Waals surface area contributed by atoms with Crippen LogP contribution in [-0.2, 0) is 4.79 Å². The zero-order chi connectivity index (χ0) is 15.5. The monoisotopic (exact) mass is 295 g/mol. The van der Waals surface area contributed by atoms with Gasteiger partial charge in [-0.2, -0.15) is 0 Å². The molecule has 0 radical (unpaired) electrons. The van der Waals surface area contributed by atoms with Crippen molar-refractivity contribution in [2.45, 2.75) is 25.8 Å². The number of hydrogen-bond donors (Lipinski definition) is 1. The van der Waals surface area contributed by atoms with Crippen LogP contribution in [0.3, 0.4) is 0 Å². The molecule has 0 aromatic heterocycles. The van der Waals surface area contributed by atoms with Gasteiger partial charge in [-0.1, -0.05) is 18.2 Å². The summed E-state index contributed by atoms with van der Waals surface area (Å²) in [5.41, 5.74) is 1.02. The molecule has 0 unspecified atom stereocenters. The van der Waals surface area contributed by atoms with Crippen molar-refractivity contribution in [1.82, 2.24) is 5.32 Å². The molecule has 0 bridgehead atoms. The van der Waals surface area contributed by atoms with Gasteiger partial charge in [0.25, 0.3) is 0 Å². The molecule has 1 N–H and O–H groups in total. The van der Waals surface area contributed by atoms with Crippen LogP contribution in [0.15, 0.2) is 42.5 Å². The fourth-order valence-corrected chi connectivity index (χ4v) is 2.63. The first-order chi connectivity index (χ1) is 10.7. The SMILES string of the molecule is COc1ccc2cc(/C=C/C(=O)N[C@@H](C)C3CC3)ccc2c1. The summed E-state index contributed by atoms with van der Waals surface area (Å²) < 4.78 is 5.23. The van der Waals surface area contributed by atoms with Crippen LogP contribution in [0.25, 0.3) is 16.8 Å². The van der Waals surface area contributed by atoms with E-state index >= 15 is 0 Å². The minimum Gasteiger partial charge on any atom is -0.497 e. The highest BCUT2D eigenvalue weighted by Crippen LogP contribution is 2.32. The van der Waals surface area contributed by atoms with Gasteiger partial charge in [-0.05, 0) is 66.3 Å². The second kappa shape index (κ2) is 6.22. The van der Waals surface area contributed by atoms with E-state index in [1.54, 1.807) is 13.2 Å². The molecular weight excluding hydrogens is 274 g/mol. The van der Waals surface area contributed by atoms with E-state index < -0.39 is 0 Å². The molecule has 1 saturated carbocycles. The van der Waals surface area contributed by atoms with Crippen LogP contribution in [0.1, 0.15) is 25.3 Å². The highest BCUT2D eigenvalue weighted by molar-refractivity contribution is 5.93. The molecule has 2 aromatic carbocycles. The largest absolute Gasteiger partial charge is 0.497 e. The van der Waals surface area contributed by atoms with E-state index in [0.29, 0.717) is 5.92 Å². The van der Waals surface area contributed by atoms with Crippen LogP contribution >= 0.6 is 0 Å². The first kappa shape index (κ1) is 14.6. The quantitative estimate of drug-likeness (QED) is 0.853. The predicted molar refractivity (Wildman–Crippen MR) is 89.9 cm³/mol. The molecule has 1 aliphatic carbocycles. The Morgan fingerprint density at radius 1 is 1.23 bits per heavy atom. The zero-order valence-electron chi connectivity index (χ0n) is 13.0. The first-order valence-electron chi connectivity index (χ1n) is 7.72. The number of carbonyl (C=O) groups is 1. The molecule has 114 valence electrons. The number of fused-ring (bicyclic) bond motifs is 1. The molecule has 2 aromatic rings. The van der Waals surface area contributed by atoms with Crippen LogP contribution in [-0.4, -0.2) is 19.1 Å². The van der Waals surface area contributed by atoms with Gasteiger partial charge in [0.05, 0.1) is 7.11 Å². The predicted octanol–water partition coefficient (Wildman–Crippen LogP) is 3.78. The number of hydrogen-bond acceptors (Lipinski definition) is 2. The van der Waals surface area contributed by atoms with Crippen molar-refractivity contribution >= 4 is 22.8 Å². The van der Waals surface area contributed by atoms with Crippen molar-refractivity contribution in [2.24, 2.45) is 5.92 Å². The van der Waals surface area contributed by atoms with E-state index in [1.165, 1.54) is 12.8 Å². The Balaban J connectivity index is 1.70. The molecule has 1 fully saturated rings. The smallest absolute Gasteiger partial charge is 0.244 e. The second-order valence-electron chi connectivity index (χ2n) is 5.94. The van der Waals surface area contributed by atoms with Crippen LogP contribution in [0.4, 0.5) is 0 Å².